The quantitative estimate of drug-likeness (QED) is 0.605. The molecule has 0 bridgehead atoms. The van der Waals surface area contributed by atoms with Gasteiger partial charge >= 0.3 is 0 Å². The third-order valence-electron chi connectivity index (χ3n) is 6.52. The number of halogens is 2. The monoisotopic (exact) mass is 442 g/mol. The van der Waals surface area contributed by atoms with E-state index < -0.39 is 6.43 Å². The van der Waals surface area contributed by atoms with Gasteiger partial charge in [0, 0.05) is 39.3 Å². The summed E-state index contributed by atoms with van der Waals surface area (Å²) >= 11 is 0. The molecular weight excluding hydrogens is 418 g/mol. The number of hydrogen-bond acceptors (Lipinski definition) is 8. The van der Waals surface area contributed by atoms with Gasteiger partial charge in [0.25, 0.3) is 6.43 Å². The van der Waals surface area contributed by atoms with Crippen molar-refractivity contribution in [2.75, 3.05) is 69.3 Å². The minimum Gasteiger partial charge on any atom is -0.380 e. The minimum atomic E-state index is -2.76. The fourth-order valence-electron chi connectivity index (χ4n) is 4.61. The van der Waals surface area contributed by atoms with Crippen molar-refractivity contribution in [3.05, 3.63) is 30.1 Å². The highest BCUT2D eigenvalue weighted by Crippen LogP contribution is 2.39. The summed E-state index contributed by atoms with van der Waals surface area (Å²) in [4.78, 5) is 24.6. The first-order valence-electron chi connectivity index (χ1n) is 10.8. The minimum absolute atomic E-state index is 0.177. The van der Waals surface area contributed by atoms with Gasteiger partial charge in [-0.05, 0) is 19.2 Å². The molecule has 0 N–H and O–H groups in total. The maximum Gasteiger partial charge on any atom is 0.296 e. The number of nitrogens with zero attached hydrogens (tertiary/aromatic N) is 8. The summed E-state index contributed by atoms with van der Waals surface area (Å²) < 4.78 is 34.6. The molecule has 168 valence electrons. The Hall–Kier alpha value is -2.92. The molecule has 3 aliphatic heterocycles. The van der Waals surface area contributed by atoms with Gasteiger partial charge in [0.05, 0.1) is 29.7 Å². The average Bonchev–Trinajstić information content (AvgIpc) is 3.12. The van der Waals surface area contributed by atoms with Crippen molar-refractivity contribution in [2.24, 2.45) is 5.41 Å². The number of hydrogen-bond donors (Lipinski definition) is 0. The maximum absolute atomic E-state index is 13.9. The number of likely N-dealkylation sites (N-methyl/N-ethyl adjacent to an activating group) is 1. The normalized spacial score (nSPS) is 20.8. The van der Waals surface area contributed by atoms with Crippen LogP contribution in [0.15, 0.2) is 24.3 Å². The molecule has 3 fully saturated rings. The molecule has 3 aromatic rings. The van der Waals surface area contributed by atoms with Crippen LogP contribution in [-0.4, -0.2) is 88.9 Å². The standard InChI is InChI=1S/C21H24F2N8O/c1-28-6-8-29(9-7-28)18-25-19(30-10-21(11-30)12-32-13-21)27-20(26-18)31-15-5-3-2-4-14(15)24-17(31)16(22)23/h2-5,16H,6-13H2,1H3. The van der Waals surface area contributed by atoms with E-state index in [1.54, 1.807) is 24.3 Å². The number of benzene rings is 1. The summed E-state index contributed by atoms with van der Waals surface area (Å²) in [5.41, 5.74) is 1.22. The smallest absolute Gasteiger partial charge is 0.296 e. The molecule has 9 nitrogen and oxygen atoms in total. The van der Waals surface area contributed by atoms with Crippen LogP contribution in [0, 0.1) is 5.41 Å². The van der Waals surface area contributed by atoms with Crippen LogP contribution in [-0.2, 0) is 4.74 Å². The summed E-state index contributed by atoms with van der Waals surface area (Å²) in [5.74, 6) is 0.847. The lowest BCUT2D eigenvalue weighted by atomic mass is 9.78. The number of piperazine rings is 1. The van der Waals surface area contributed by atoms with Crippen molar-refractivity contribution in [1.82, 2.24) is 29.4 Å². The van der Waals surface area contributed by atoms with Crippen LogP contribution in [0.1, 0.15) is 12.2 Å². The Bertz CT molecular complexity index is 1150. The van der Waals surface area contributed by atoms with Crippen LogP contribution < -0.4 is 9.80 Å². The number of aromatic nitrogens is 5. The molecule has 6 rings (SSSR count). The number of alkyl halides is 2. The molecule has 5 heterocycles. The fourth-order valence-corrected chi connectivity index (χ4v) is 4.61. The van der Waals surface area contributed by atoms with Crippen molar-refractivity contribution in [3.63, 3.8) is 0 Å². The zero-order valence-corrected chi connectivity index (χ0v) is 17.8. The fraction of sp³-hybridized carbons (Fsp3) is 0.524. The van der Waals surface area contributed by atoms with E-state index in [4.69, 9.17) is 9.72 Å². The average molecular weight is 442 g/mol. The van der Waals surface area contributed by atoms with Gasteiger partial charge in [0.2, 0.25) is 17.8 Å². The van der Waals surface area contributed by atoms with Crippen LogP contribution in [0.5, 0.6) is 0 Å². The molecule has 1 aromatic carbocycles. The molecule has 0 unspecified atom stereocenters. The molecule has 0 saturated carbocycles. The first-order valence-corrected chi connectivity index (χ1v) is 10.8. The van der Waals surface area contributed by atoms with E-state index in [1.807, 2.05) is 0 Å². The summed E-state index contributed by atoms with van der Waals surface area (Å²) in [5, 5.41) is 0. The second-order valence-corrected chi connectivity index (χ2v) is 8.97. The van der Waals surface area contributed by atoms with Crippen LogP contribution in [0.2, 0.25) is 0 Å². The van der Waals surface area contributed by atoms with Crippen LogP contribution in [0.3, 0.4) is 0 Å². The van der Waals surface area contributed by atoms with Gasteiger partial charge in [-0.2, -0.15) is 15.0 Å². The zero-order chi connectivity index (χ0) is 21.9. The highest BCUT2D eigenvalue weighted by Gasteiger charge is 2.50. The van der Waals surface area contributed by atoms with Gasteiger partial charge in [-0.15, -0.1) is 0 Å². The van der Waals surface area contributed by atoms with E-state index in [-0.39, 0.29) is 17.2 Å². The topological polar surface area (TPSA) is 75.4 Å². The zero-order valence-electron chi connectivity index (χ0n) is 17.8. The number of para-hydroxylation sites is 2. The molecule has 0 amide bonds. The Morgan fingerprint density at radius 3 is 2.19 bits per heavy atom. The summed E-state index contributed by atoms with van der Waals surface area (Å²) in [7, 11) is 2.08. The van der Waals surface area contributed by atoms with Crippen molar-refractivity contribution in [1.29, 1.82) is 0 Å². The van der Waals surface area contributed by atoms with Crippen molar-refractivity contribution < 1.29 is 13.5 Å². The highest BCUT2D eigenvalue weighted by atomic mass is 19.3. The Balaban J connectivity index is 1.46. The largest absolute Gasteiger partial charge is 0.380 e. The molecule has 0 atom stereocenters. The van der Waals surface area contributed by atoms with Crippen molar-refractivity contribution in [3.8, 4) is 5.95 Å². The van der Waals surface area contributed by atoms with Gasteiger partial charge in [-0.3, -0.25) is 4.57 Å². The van der Waals surface area contributed by atoms with Gasteiger partial charge in [-0.25, -0.2) is 13.8 Å². The van der Waals surface area contributed by atoms with E-state index in [2.05, 4.69) is 36.7 Å². The molecule has 2 aromatic heterocycles. The Morgan fingerprint density at radius 2 is 1.53 bits per heavy atom. The van der Waals surface area contributed by atoms with Gasteiger partial charge in [0.15, 0.2) is 5.82 Å². The van der Waals surface area contributed by atoms with Gasteiger partial charge < -0.3 is 19.4 Å². The molecule has 32 heavy (non-hydrogen) atoms. The van der Waals surface area contributed by atoms with Gasteiger partial charge in [0.1, 0.15) is 0 Å². The number of ether oxygens (including phenoxy) is 1. The lowest BCUT2D eigenvalue weighted by Crippen LogP contribution is -2.66. The highest BCUT2D eigenvalue weighted by molar-refractivity contribution is 5.77. The number of rotatable bonds is 4. The number of imidazole rings is 1. The summed E-state index contributed by atoms with van der Waals surface area (Å²) in [6.45, 7) is 6.39. The summed E-state index contributed by atoms with van der Waals surface area (Å²) in [6, 6.07) is 7.06. The first kappa shape index (κ1) is 19.7. The molecule has 11 heteroatoms. The van der Waals surface area contributed by atoms with E-state index >= 15 is 0 Å². The van der Waals surface area contributed by atoms with Crippen LogP contribution in [0.4, 0.5) is 20.7 Å². The molecule has 1 spiro atoms. The predicted molar refractivity (Wildman–Crippen MR) is 115 cm³/mol. The van der Waals surface area contributed by atoms with Crippen molar-refractivity contribution in [2.45, 2.75) is 6.43 Å². The number of fused-ring (bicyclic) bond motifs is 1. The molecule has 0 radical (unpaired) electrons. The first-order chi connectivity index (χ1) is 15.5. The van der Waals surface area contributed by atoms with Gasteiger partial charge in [-0.1, -0.05) is 12.1 Å². The lowest BCUT2D eigenvalue weighted by molar-refractivity contribution is -0.127. The predicted octanol–water partition coefficient (Wildman–Crippen LogP) is 1.74. The Morgan fingerprint density at radius 1 is 0.875 bits per heavy atom. The second kappa shape index (κ2) is 7.31. The van der Waals surface area contributed by atoms with E-state index in [0.717, 1.165) is 52.5 Å². The van der Waals surface area contributed by atoms with E-state index in [9.17, 15) is 8.78 Å². The lowest BCUT2D eigenvalue weighted by Gasteiger charge is -2.54. The Labute approximate surface area is 183 Å². The van der Waals surface area contributed by atoms with E-state index in [1.165, 1.54) is 4.57 Å². The maximum atomic E-state index is 13.9. The molecular formula is C21H24F2N8O. The van der Waals surface area contributed by atoms with Crippen LogP contribution >= 0.6 is 0 Å². The molecule has 3 aliphatic rings. The SMILES string of the molecule is CN1CCN(c2nc(N3CC4(COC4)C3)nc(-n3c(C(F)F)nc4ccccc43)n2)CC1. The van der Waals surface area contributed by atoms with Crippen molar-refractivity contribution >= 4 is 22.9 Å². The van der Waals surface area contributed by atoms with Crippen LogP contribution in [0.25, 0.3) is 17.0 Å². The molecule has 0 aliphatic carbocycles. The second-order valence-electron chi connectivity index (χ2n) is 8.97. The Kier molecular flexibility index (Phi) is 4.51. The number of anilines is 2. The molecule has 3 saturated heterocycles. The third kappa shape index (κ3) is 3.18. The summed E-state index contributed by atoms with van der Waals surface area (Å²) in [6.07, 6.45) is -2.76. The van der Waals surface area contributed by atoms with E-state index in [0.29, 0.717) is 22.9 Å². The third-order valence-corrected chi connectivity index (χ3v) is 6.52.